The van der Waals surface area contributed by atoms with Gasteiger partial charge in [0, 0.05) is 33.7 Å². The van der Waals surface area contributed by atoms with E-state index in [2.05, 4.69) is 25.3 Å². The molecule has 128 valence electrons. The minimum atomic E-state index is -0.320. The number of hydrogen-bond donors (Lipinski definition) is 2. The molecule has 0 amide bonds. The molecule has 0 unspecified atom stereocenters. The average molecular weight is 384 g/mol. The third-order valence-electron chi connectivity index (χ3n) is 3.67. The van der Waals surface area contributed by atoms with Crippen LogP contribution in [0.25, 0.3) is 22.3 Å². The van der Waals surface area contributed by atoms with E-state index in [1.54, 1.807) is 36.7 Å². The zero-order valence-corrected chi connectivity index (χ0v) is 14.7. The van der Waals surface area contributed by atoms with Crippen molar-refractivity contribution in [3.05, 3.63) is 75.3 Å². The smallest absolute Gasteiger partial charge is 0.262 e. The van der Waals surface area contributed by atoms with Crippen molar-refractivity contribution in [3.63, 3.8) is 0 Å². The van der Waals surface area contributed by atoms with Crippen LogP contribution in [0.5, 0.6) is 0 Å². The quantitative estimate of drug-likeness (QED) is 0.546. The van der Waals surface area contributed by atoms with E-state index in [0.29, 0.717) is 38.0 Å². The van der Waals surface area contributed by atoms with Gasteiger partial charge in [0.15, 0.2) is 5.65 Å². The second kappa shape index (κ2) is 6.74. The molecular weight excluding hydrogens is 373 g/mol. The summed E-state index contributed by atoms with van der Waals surface area (Å²) in [6, 6.07) is 12.2. The van der Waals surface area contributed by atoms with E-state index in [1.165, 1.54) is 0 Å². The second-order valence-corrected chi connectivity index (χ2v) is 6.34. The number of nitrogens with one attached hydrogen (secondary N) is 2. The molecule has 26 heavy (non-hydrogen) atoms. The van der Waals surface area contributed by atoms with Gasteiger partial charge in [-0.1, -0.05) is 29.3 Å². The zero-order valence-electron chi connectivity index (χ0n) is 13.2. The van der Waals surface area contributed by atoms with Crippen LogP contribution in [-0.4, -0.2) is 19.9 Å². The van der Waals surface area contributed by atoms with Crippen molar-refractivity contribution in [1.82, 2.24) is 19.9 Å². The Balaban J connectivity index is 1.82. The summed E-state index contributed by atoms with van der Waals surface area (Å²) in [4.78, 5) is 28.3. The summed E-state index contributed by atoms with van der Waals surface area (Å²) in [5, 5.41) is 4.30. The lowest BCUT2D eigenvalue weighted by Crippen LogP contribution is -2.13. The van der Waals surface area contributed by atoms with Crippen molar-refractivity contribution in [2.45, 2.75) is 0 Å². The maximum atomic E-state index is 12.7. The van der Waals surface area contributed by atoms with E-state index in [1.807, 2.05) is 18.2 Å². The molecule has 0 aliphatic heterocycles. The Bertz CT molecular complexity index is 1140. The van der Waals surface area contributed by atoms with Crippen molar-refractivity contribution in [2.75, 3.05) is 5.32 Å². The van der Waals surface area contributed by atoms with Crippen LogP contribution in [0.3, 0.4) is 0 Å². The van der Waals surface area contributed by atoms with Gasteiger partial charge in [-0.3, -0.25) is 14.8 Å². The monoisotopic (exact) mass is 383 g/mol. The predicted molar refractivity (Wildman–Crippen MR) is 103 cm³/mol. The largest absolute Gasteiger partial charge is 0.326 e. The van der Waals surface area contributed by atoms with Crippen molar-refractivity contribution < 1.29 is 0 Å². The number of anilines is 2. The Morgan fingerprint density at radius 2 is 1.77 bits per heavy atom. The Hall–Kier alpha value is -2.96. The van der Waals surface area contributed by atoms with E-state index < -0.39 is 0 Å². The van der Waals surface area contributed by atoms with Crippen LogP contribution in [0.4, 0.5) is 11.6 Å². The first-order valence-electron chi connectivity index (χ1n) is 7.64. The first-order valence-corrected chi connectivity index (χ1v) is 8.39. The number of fused-ring (bicyclic) bond motifs is 1. The van der Waals surface area contributed by atoms with Gasteiger partial charge in [-0.25, -0.2) is 4.98 Å². The molecule has 0 saturated heterocycles. The topological polar surface area (TPSA) is 83.6 Å². The Morgan fingerprint density at radius 3 is 2.50 bits per heavy atom. The van der Waals surface area contributed by atoms with Crippen molar-refractivity contribution in [2.24, 2.45) is 0 Å². The maximum Gasteiger partial charge on any atom is 0.262 e. The van der Waals surface area contributed by atoms with Gasteiger partial charge in [0.05, 0.1) is 11.1 Å². The van der Waals surface area contributed by atoms with Gasteiger partial charge in [0.25, 0.3) is 5.56 Å². The molecule has 3 heterocycles. The molecule has 0 spiro atoms. The minimum Gasteiger partial charge on any atom is -0.326 e. The van der Waals surface area contributed by atoms with Crippen LogP contribution < -0.4 is 10.9 Å². The Morgan fingerprint density at radius 1 is 0.962 bits per heavy atom. The molecule has 0 bridgehead atoms. The third kappa shape index (κ3) is 3.24. The molecule has 4 rings (SSSR count). The fourth-order valence-electron chi connectivity index (χ4n) is 2.62. The fourth-order valence-corrected chi connectivity index (χ4v) is 3.15. The highest BCUT2D eigenvalue weighted by molar-refractivity contribution is 6.35. The summed E-state index contributed by atoms with van der Waals surface area (Å²) in [6.07, 6.45) is 3.26. The molecule has 0 atom stereocenters. The summed E-state index contributed by atoms with van der Waals surface area (Å²) in [7, 11) is 0. The molecule has 1 aromatic carbocycles. The zero-order chi connectivity index (χ0) is 18.1. The fraction of sp³-hybridized carbons (Fsp3) is 0. The molecule has 3 aromatic heterocycles. The van der Waals surface area contributed by atoms with Gasteiger partial charge in [-0.15, -0.1) is 0 Å². The number of hydrogen-bond acceptors (Lipinski definition) is 5. The van der Waals surface area contributed by atoms with Crippen molar-refractivity contribution in [3.8, 4) is 11.3 Å². The molecule has 0 radical (unpaired) electrons. The van der Waals surface area contributed by atoms with Crippen LogP contribution in [-0.2, 0) is 0 Å². The molecule has 4 aromatic rings. The van der Waals surface area contributed by atoms with Crippen LogP contribution in [0.15, 0.2) is 59.7 Å². The average Bonchev–Trinajstić information content (AvgIpc) is 2.61. The first-order chi connectivity index (χ1) is 12.6. The van der Waals surface area contributed by atoms with Crippen LogP contribution in [0.2, 0.25) is 10.0 Å². The van der Waals surface area contributed by atoms with E-state index in [0.717, 1.165) is 0 Å². The predicted octanol–water partition coefficient (Wildman–Crippen LogP) is 4.43. The second-order valence-electron chi connectivity index (χ2n) is 5.47. The number of aromatic nitrogens is 4. The lowest BCUT2D eigenvalue weighted by atomic mass is 10.1. The van der Waals surface area contributed by atoms with E-state index in [4.69, 9.17) is 23.2 Å². The summed E-state index contributed by atoms with van der Waals surface area (Å²) >= 11 is 12.0. The molecule has 2 N–H and O–H groups in total. The maximum absolute atomic E-state index is 12.7. The molecular formula is C18H11Cl2N5O. The minimum absolute atomic E-state index is 0.242. The molecule has 0 fully saturated rings. The number of pyridine rings is 2. The first kappa shape index (κ1) is 16.5. The summed E-state index contributed by atoms with van der Waals surface area (Å²) in [5.41, 5.74) is 1.94. The molecule has 6 nitrogen and oxygen atoms in total. The Kier molecular flexibility index (Phi) is 4.28. The van der Waals surface area contributed by atoms with Gasteiger partial charge >= 0.3 is 0 Å². The lowest BCUT2D eigenvalue weighted by Gasteiger charge is -2.09. The van der Waals surface area contributed by atoms with Crippen molar-refractivity contribution >= 4 is 45.9 Å². The standard InChI is InChI=1S/C18H11Cl2N5O/c19-10-7-11(20)9-12(8-10)23-18-24-16-15(17(26)25-18)13(4-6-22-16)14-3-1-2-5-21-14/h1-9H,(H2,22,23,24,25,26). The number of aromatic amines is 1. The molecule has 0 aliphatic rings. The van der Waals surface area contributed by atoms with Crippen LogP contribution in [0, 0.1) is 0 Å². The van der Waals surface area contributed by atoms with Gasteiger partial charge in [0.2, 0.25) is 5.95 Å². The molecule has 8 heteroatoms. The highest BCUT2D eigenvalue weighted by atomic mass is 35.5. The van der Waals surface area contributed by atoms with E-state index in [9.17, 15) is 4.79 Å². The van der Waals surface area contributed by atoms with Crippen molar-refractivity contribution in [1.29, 1.82) is 0 Å². The number of nitrogens with zero attached hydrogens (tertiary/aromatic N) is 3. The van der Waals surface area contributed by atoms with Gasteiger partial charge in [0.1, 0.15) is 0 Å². The number of benzene rings is 1. The third-order valence-corrected chi connectivity index (χ3v) is 4.11. The van der Waals surface area contributed by atoms with E-state index >= 15 is 0 Å². The van der Waals surface area contributed by atoms with Crippen LogP contribution >= 0.6 is 23.2 Å². The highest BCUT2D eigenvalue weighted by Crippen LogP contribution is 2.25. The molecule has 0 aliphatic carbocycles. The summed E-state index contributed by atoms with van der Waals surface area (Å²) in [6.45, 7) is 0. The molecule has 0 saturated carbocycles. The van der Waals surface area contributed by atoms with E-state index in [-0.39, 0.29) is 11.5 Å². The number of rotatable bonds is 3. The SMILES string of the molecule is O=c1[nH]c(Nc2cc(Cl)cc(Cl)c2)nc2nccc(-c3ccccn3)c12. The Labute approximate surface area is 157 Å². The van der Waals surface area contributed by atoms with Gasteiger partial charge in [-0.05, 0) is 36.4 Å². The highest BCUT2D eigenvalue weighted by Gasteiger charge is 2.12. The number of halogens is 2. The number of H-pyrrole nitrogens is 1. The summed E-state index contributed by atoms with van der Waals surface area (Å²) in [5.74, 6) is 0.242. The van der Waals surface area contributed by atoms with Gasteiger partial charge < -0.3 is 5.32 Å². The van der Waals surface area contributed by atoms with Crippen LogP contribution in [0.1, 0.15) is 0 Å². The lowest BCUT2D eigenvalue weighted by molar-refractivity contribution is 1.14. The summed E-state index contributed by atoms with van der Waals surface area (Å²) < 4.78 is 0. The normalized spacial score (nSPS) is 10.8. The van der Waals surface area contributed by atoms with Gasteiger partial charge in [-0.2, -0.15) is 4.98 Å².